The van der Waals surface area contributed by atoms with Crippen LogP contribution in [0.5, 0.6) is 0 Å². The second kappa shape index (κ2) is 4.57. The van der Waals surface area contributed by atoms with Crippen molar-refractivity contribution in [1.82, 2.24) is 9.78 Å². The molecule has 0 saturated heterocycles. The number of hydrogen-bond acceptors (Lipinski definition) is 2. The summed E-state index contributed by atoms with van der Waals surface area (Å²) in [4.78, 5) is 0. The standard InChI is InChI=1S/C14H18N2S/c1-9-14(10(2)16(4)15-9)13-7-5-12(6-8-13)11(3)17/h5-8,11,17H,1-4H3. The van der Waals surface area contributed by atoms with Gasteiger partial charge in [0.15, 0.2) is 0 Å². The molecule has 0 saturated carbocycles. The molecule has 2 nitrogen and oxygen atoms in total. The molecule has 0 aliphatic carbocycles. The number of rotatable bonds is 2. The summed E-state index contributed by atoms with van der Waals surface area (Å²) < 4.78 is 1.93. The normalized spacial score (nSPS) is 12.8. The van der Waals surface area contributed by atoms with E-state index in [0.717, 1.165) is 5.69 Å². The first kappa shape index (κ1) is 12.2. The Morgan fingerprint density at radius 1 is 1.18 bits per heavy atom. The summed E-state index contributed by atoms with van der Waals surface area (Å²) in [5.74, 6) is 0. The van der Waals surface area contributed by atoms with E-state index < -0.39 is 0 Å². The minimum Gasteiger partial charge on any atom is -0.272 e. The van der Waals surface area contributed by atoms with E-state index in [1.54, 1.807) is 0 Å². The maximum Gasteiger partial charge on any atom is 0.0674 e. The highest BCUT2D eigenvalue weighted by Crippen LogP contribution is 2.28. The molecule has 90 valence electrons. The topological polar surface area (TPSA) is 17.8 Å². The summed E-state index contributed by atoms with van der Waals surface area (Å²) in [5, 5.41) is 4.72. The Labute approximate surface area is 108 Å². The predicted molar refractivity (Wildman–Crippen MR) is 75.5 cm³/mol. The van der Waals surface area contributed by atoms with Crippen LogP contribution in [0.1, 0.15) is 29.1 Å². The van der Waals surface area contributed by atoms with E-state index in [2.05, 4.69) is 62.8 Å². The Bertz CT molecular complexity index is 524. The van der Waals surface area contributed by atoms with Crippen LogP contribution in [-0.2, 0) is 7.05 Å². The molecule has 1 atom stereocenters. The minimum atomic E-state index is 0.278. The van der Waals surface area contributed by atoms with Gasteiger partial charge in [-0.25, -0.2) is 0 Å². The highest BCUT2D eigenvalue weighted by atomic mass is 32.1. The van der Waals surface area contributed by atoms with Gasteiger partial charge in [0.2, 0.25) is 0 Å². The molecular formula is C14H18N2S. The number of aromatic nitrogens is 2. The molecule has 3 heteroatoms. The van der Waals surface area contributed by atoms with Crippen LogP contribution < -0.4 is 0 Å². The molecular weight excluding hydrogens is 228 g/mol. The molecule has 1 unspecified atom stereocenters. The number of thiol groups is 1. The van der Waals surface area contributed by atoms with Crippen LogP contribution in [0.3, 0.4) is 0 Å². The van der Waals surface area contributed by atoms with Crippen molar-refractivity contribution < 1.29 is 0 Å². The van der Waals surface area contributed by atoms with E-state index in [-0.39, 0.29) is 5.25 Å². The zero-order valence-electron chi connectivity index (χ0n) is 10.7. The van der Waals surface area contributed by atoms with E-state index >= 15 is 0 Å². The molecule has 0 aliphatic rings. The van der Waals surface area contributed by atoms with Gasteiger partial charge in [-0.15, -0.1) is 0 Å². The lowest BCUT2D eigenvalue weighted by Gasteiger charge is -2.07. The van der Waals surface area contributed by atoms with Crippen LogP contribution in [0.25, 0.3) is 11.1 Å². The van der Waals surface area contributed by atoms with E-state index in [9.17, 15) is 0 Å². The van der Waals surface area contributed by atoms with Gasteiger partial charge in [-0.2, -0.15) is 17.7 Å². The molecule has 2 rings (SSSR count). The van der Waals surface area contributed by atoms with Crippen LogP contribution in [0.15, 0.2) is 24.3 Å². The van der Waals surface area contributed by atoms with Crippen molar-refractivity contribution in [3.63, 3.8) is 0 Å². The second-order valence-corrected chi connectivity index (χ2v) is 5.24. The summed E-state index contributed by atoms with van der Waals surface area (Å²) in [6.07, 6.45) is 0. The molecule has 1 aromatic carbocycles. The summed E-state index contributed by atoms with van der Waals surface area (Å²) in [7, 11) is 1.98. The van der Waals surface area contributed by atoms with E-state index in [4.69, 9.17) is 0 Å². The third-order valence-corrected chi connectivity index (χ3v) is 3.49. The lowest BCUT2D eigenvalue weighted by atomic mass is 10.0. The van der Waals surface area contributed by atoms with Crippen molar-refractivity contribution in [2.24, 2.45) is 7.05 Å². The number of aryl methyl sites for hydroxylation is 2. The maximum atomic E-state index is 4.45. The zero-order chi connectivity index (χ0) is 12.6. The van der Waals surface area contributed by atoms with Gasteiger partial charge >= 0.3 is 0 Å². The molecule has 1 heterocycles. The number of nitrogens with zero attached hydrogens (tertiary/aromatic N) is 2. The van der Waals surface area contributed by atoms with Crippen LogP contribution in [-0.4, -0.2) is 9.78 Å². The average Bonchev–Trinajstić information content (AvgIpc) is 2.53. The third kappa shape index (κ3) is 2.25. The SMILES string of the molecule is Cc1nn(C)c(C)c1-c1ccc(C(C)S)cc1. The van der Waals surface area contributed by atoms with Crippen LogP contribution >= 0.6 is 12.6 Å². The molecule has 17 heavy (non-hydrogen) atoms. The molecule has 0 amide bonds. The largest absolute Gasteiger partial charge is 0.272 e. The molecule has 0 spiro atoms. The molecule has 0 fully saturated rings. The monoisotopic (exact) mass is 246 g/mol. The highest BCUT2D eigenvalue weighted by Gasteiger charge is 2.11. The van der Waals surface area contributed by atoms with Gasteiger partial charge in [0.25, 0.3) is 0 Å². The fourth-order valence-electron chi connectivity index (χ4n) is 2.12. The summed E-state index contributed by atoms with van der Waals surface area (Å²) in [6.45, 7) is 6.24. The predicted octanol–water partition coefficient (Wildman–Crippen LogP) is 3.69. The minimum absolute atomic E-state index is 0.278. The van der Waals surface area contributed by atoms with Crippen molar-refractivity contribution in [2.75, 3.05) is 0 Å². The van der Waals surface area contributed by atoms with Crippen LogP contribution in [0.2, 0.25) is 0 Å². The highest BCUT2D eigenvalue weighted by molar-refractivity contribution is 7.80. The molecule has 0 aliphatic heterocycles. The Kier molecular flexibility index (Phi) is 3.29. The first-order valence-corrected chi connectivity index (χ1v) is 6.31. The van der Waals surface area contributed by atoms with Crippen molar-refractivity contribution in [1.29, 1.82) is 0 Å². The van der Waals surface area contributed by atoms with Crippen molar-refractivity contribution in [3.05, 3.63) is 41.2 Å². The Balaban J connectivity index is 2.47. The Hall–Kier alpha value is -1.22. The van der Waals surface area contributed by atoms with Gasteiger partial charge < -0.3 is 0 Å². The summed E-state index contributed by atoms with van der Waals surface area (Å²) >= 11 is 4.44. The van der Waals surface area contributed by atoms with Gasteiger partial charge in [-0.05, 0) is 31.9 Å². The third-order valence-electron chi connectivity index (χ3n) is 3.19. The second-order valence-electron chi connectivity index (χ2n) is 4.47. The van der Waals surface area contributed by atoms with Gasteiger partial charge in [-0.3, -0.25) is 4.68 Å². The zero-order valence-corrected chi connectivity index (χ0v) is 11.6. The fraction of sp³-hybridized carbons (Fsp3) is 0.357. The quantitative estimate of drug-likeness (QED) is 0.800. The first-order chi connectivity index (χ1) is 8.00. The molecule has 2 aromatic rings. The molecule has 1 aromatic heterocycles. The Morgan fingerprint density at radius 2 is 1.76 bits per heavy atom. The van der Waals surface area contributed by atoms with Gasteiger partial charge in [0.1, 0.15) is 0 Å². The van der Waals surface area contributed by atoms with Gasteiger partial charge in [-0.1, -0.05) is 24.3 Å². The smallest absolute Gasteiger partial charge is 0.0674 e. The van der Waals surface area contributed by atoms with Crippen molar-refractivity contribution >= 4 is 12.6 Å². The maximum absolute atomic E-state index is 4.45. The van der Waals surface area contributed by atoms with Crippen molar-refractivity contribution in [3.8, 4) is 11.1 Å². The van der Waals surface area contributed by atoms with E-state index in [1.165, 1.54) is 22.4 Å². The fourth-order valence-corrected chi connectivity index (χ4v) is 2.29. The van der Waals surface area contributed by atoms with Crippen molar-refractivity contribution in [2.45, 2.75) is 26.0 Å². The van der Waals surface area contributed by atoms with Crippen LogP contribution in [0.4, 0.5) is 0 Å². The Morgan fingerprint density at radius 3 is 2.18 bits per heavy atom. The lowest BCUT2D eigenvalue weighted by Crippen LogP contribution is -1.92. The molecule has 0 bridgehead atoms. The summed E-state index contributed by atoms with van der Waals surface area (Å²) in [6, 6.07) is 8.58. The van der Waals surface area contributed by atoms with E-state index in [0.29, 0.717) is 0 Å². The first-order valence-electron chi connectivity index (χ1n) is 5.79. The lowest BCUT2D eigenvalue weighted by molar-refractivity contribution is 0.731. The molecule has 0 radical (unpaired) electrons. The molecule has 0 N–H and O–H groups in total. The number of hydrogen-bond donors (Lipinski definition) is 1. The average molecular weight is 246 g/mol. The van der Waals surface area contributed by atoms with E-state index in [1.807, 2.05) is 11.7 Å². The van der Waals surface area contributed by atoms with Gasteiger partial charge in [0.05, 0.1) is 5.69 Å². The van der Waals surface area contributed by atoms with Gasteiger partial charge in [0, 0.05) is 23.6 Å². The van der Waals surface area contributed by atoms with Crippen LogP contribution in [0, 0.1) is 13.8 Å². The summed E-state index contributed by atoms with van der Waals surface area (Å²) in [5.41, 5.74) is 6.00. The number of benzene rings is 1.